The first-order valence-corrected chi connectivity index (χ1v) is 6.84. The molecule has 1 aromatic carbocycles. The molecule has 1 aromatic rings. The van der Waals surface area contributed by atoms with Gasteiger partial charge in [-0.1, -0.05) is 36.2 Å². The average molecular weight is 350 g/mol. The number of hydrogen-bond donors (Lipinski definition) is 1. The van der Waals surface area contributed by atoms with E-state index in [-0.39, 0.29) is 17.7 Å². The number of benzene rings is 1. The molecule has 4 heteroatoms. The van der Waals surface area contributed by atoms with Crippen molar-refractivity contribution in [2.24, 2.45) is 5.92 Å². The Balaban J connectivity index is 2.27. The topological polar surface area (TPSA) is 29.1 Å². The summed E-state index contributed by atoms with van der Waals surface area (Å²) in [5.41, 5.74) is 1.12. The highest BCUT2D eigenvalue weighted by molar-refractivity contribution is 14.1. The fourth-order valence-corrected chi connectivity index (χ4v) is 3.17. The van der Waals surface area contributed by atoms with Gasteiger partial charge in [0.25, 0.3) is 0 Å². The zero-order valence-corrected chi connectivity index (χ0v) is 11.7. The largest absolute Gasteiger partial charge is 0.299 e. The van der Waals surface area contributed by atoms with Gasteiger partial charge in [-0.25, -0.2) is 0 Å². The molecule has 0 spiro atoms. The Kier molecular flexibility index (Phi) is 4.08. The van der Waals surface area contributed by atoms with Crippen LogP contribution in [0, 0.1) is 5.92 Å². The molecule has 2 atom stereocenters. The Hall–Kier alpha value is -0.290. The zero-order chi connectivity index (χ0) is 11.5. The number of rotatable bonds is 2. The summed E-state index contributed by atoms with van der Waals surface area (Å²) in [5.74, 6) is 0.489. The van der Waals surface area contributed by atoms with E-state index in [2.05, 4.69) is 3.53 Å². The summed E-state index contributed by atoms with van der Waals surface area (Å²) in [6.07, 6.45) is 3.12. The van der Waals surface area contributed by atoms with Crippen LogP contribution >= 0.6 is 34.5 Å². The molecule has 1 amide bonds. The van der Waals surface area contributed by atoms with Crippen molar-refractivity contribution in [2.45, 2.75) is 25.2 Å². The summed E-state index contributed by atoms with van der Waals surface area (Å²) in [6, 6.07) is 7.84. The Bertz CT molecular complexity index is 396. The van der Waals surface area contributed by atoms with E-state index < -0.39 is 0 Å². The van der Waals surface area contributed by atoms with Gasteiger partial charge in [0.2, 0.25) is 5.91 Å². The van der Waals surface area contributed by atoms with E-state index in [1.165, 1.54) is 0 Å². The molecule has 1 aliphatic rings. The smallest absolute Gasteiger partial charge is 0.232 e. The lowest BCUT2D eigenvalue weighted by Gasteiger charge is -2.19. The number of carbonyl (C=O) groups is 1. The zero-order valence-electron chi connectivity index (χ0n) is 8.75. The van der Waals surface area contributed by atoms with Crippen LogP contribution in [0.2, 0.25) is 5.02 Å². The molecule has 1 N–H and O–H groups in total. The maximum atomic E-state index is 11.7. The molecule has 0 bridgehead atoms. The van der Waals surface area contributed by atoms with Crippen molar-refractivity contribution in [1.82, 2.24) is 3.53 Å². The third-order valence-corrected chi connectivity index (χ3v) is 4.13. The van der Waals surface area contributed by atoms with Gasteiger partial charge in [0.1, 0.15) is 0 Å². The van der Waals surface area contributed by atoms with Crippen LogP contribution in [0.25, 0.3) is 0 Å². The van der Waals surface area contributed by atoms with Gasteiger partial charge in [0, 0.05) is 10.9 Å². The van der Waals surface area contributed by atoms with Crippen molar-refractivity contribution in [3.8, 4) is 0 Å². The highest BCUT2D eigenvalue weighted by Crippen LogP contribution is 2.42. The second kappa shape index (κ2) is 5.36. The molecular formula is C12H13ClINO. The Morgan fingerprint density at radius 2 is 2.12 bits per heavy atom. The SMILES string of the molecule is O=C(NI)C1CCCC1c1ccccc1Cl. The fourth-order valence-electron chi connectivity index (χ4n) is 2.49. The minimum absolute atomic E-state index is 0.0804. The van der Waals surface area contributed by atoms with Crippen molar-refractivity contribution in [2.75, 3.05) is 0 Å². The average Bonchev–Trinajstić information content (AvgIpc) is 2.77. The molecule has 0 aliphatic heterocycles. The van der Waals surface area contributed by atoms with Gasteiger partial charge in [-0.2, -0.15) is 0 Å². The maximum absolute atomic E-state index is 11.7. The predicted molar refractivity (Wildman–Crippen MR) is 73.7 cm³/mol. The molecule has 86 valence electrons. The summed E-state index contributed by atoms with van der Waals surface area (Å²) in [5, 5.41) is 0.778. The summed E-state index contributed by atoms with van der Waals surface area (Å²) < 4.78 is 2.71. The van der Waals surface area contributed by atoms with Crippen LogP contribution in [-0.4, -0.2) is 5.91 Å². The van der Waals surface area contributed by atoms with Crippen molar-refractivity contribution in [1.29, 1.82) is 0 Å². The van der Waals surface area contributed by atoms with Gasteiger partial charge in [0.05, 0.1) is 22.9 Å². The second-order valence-electron chi connectivity index (χ2n) is 4.12. The Morgan fingerprint density at radius 3 is 2.81 bits per heavy atom. The van der Waals surface area contributed by atoms with Gasteiger partial charge in [-0.15, -0.1) is 0 Å². The highest BCUT2D eigenvalue weighted by Gasteiger charge is 2.34. The van der Waals surface area contributed by atoms with Crippen LogP contribution in [0.15, 0.2) is 24.3 Å². The molecule has 1 aliphatic carbocycles. The molecule has 16 heavy (non-hydrogen) atoms. The monoisotopic (exact) mass is 349 g/mol. The third kappa shape index (κ3) is 2.35. The van der Waals surface area contributed by atoms with E-state index in [4.69, 9.17) is 11.6 Å². The van der Waals surface area contributed by atoms with Crippen LogP contribution in [0.4, 0.5) is 0 Å². The standard InChI is InChI=1S/C12H13ClINO/c13-11-7-2-1-4-9(11)8-5-3-6-10(8)12(16)15-14/h1-2,4,7-8,10H,3,5-6H2,(H,15,16). The Morgan fingerprint density at radius 1 is 1.38 bits per heavy atom. The van der Waals surface area contributed by atoms with E-state index >= 15 is 0 Å². The van der Waals surface area contributed by atoms with E-state index in [9.17, 15) is 4.79 Å². The Labute approximate surface area is 114 Å². The summed E-state index contributed by atoms with van der Waals surface area (Å²) in [4.78, 5) is 11.7. The summed E-state index contributed by atoms with van der Waals surface area (Å²) in [6.45, 7) is 0. The fraction of sp³-hybridized carbons (Fsp3) is 0.417. The molecule has 1 fully saturated rings. The first-order chi connectivity index (χ1) is 7.74. The third-order valence-electron chi connectivity index (χ3n) is 3.25. The van der Waals surface area contributed by atoms with Crippen LogP contribution in [-0.2, 0) is 4.79 Å². The van der Waals surface area contributed by atoms with Crippen LogP contribution in [0.3, 0.4) is 0 Å². The molecule has 1 saturated carbocycles. The van der Waals surface area contributed by atoms with E-state index in [1.54, 1.807) is 0 Å². The van der Waals surface area contributed by atoms with Crippen molar-refractivity contribution < 1.29 is 4.79 Å². The van der Waals surface area contributed by atoms with E-state index in [1.807, 2.05) is 47.1 Å². The number of carbonyl (C=O) groups excluding carboxylic acids is 1. The summed E-state index contributed by atoms with van der Waals surface area (Å²) >= 11 is 8.09. The highest BCUT2D eigenvalue weighted by atomic mass is 127. The number of hydrogen-bond acceptors (Lipinski definition) is 1. The van der Waals surface area contributed by atoms with Crippen molar-refractivity contribution in [3.63, 3.8) is 0 Å². The molecule has 0 aromatic heterocycles. The van der Waals surface area contributed by atoms with Crippen molar-refractivity contribution >= 4 is 40.4 Å². The van der Waals surface area contributed by atoms with Gasteiger partial charge in [-0.05, 0) is 30.4 Å². The van der Waals surface area contributed by atoms with Gasteiger partial charge >= 0.3 is 0 Å². The van der Waals surface area contributed by atoms with Gasteiger partial charge in [-0.3, -0.25) is 8.32 Å². The first kappa shape index (κ1) is 12.2. The van der Waals surface area contributed by atoms with Crippen LogP contribution in [0.5, 0.6) is 0 Å². The number of amides is 1. The lowest BCUT2D eigenvalue weighted by molar-refractivity contribution is -0.122. The normalized spacial score (nSPS) is 24.4. The van der Waals surface area contributed by atoms with Crippen LogP contribution < -0.4 is 3.53 Å². The lowest BCUT2D eigenvalue weighted by Crippen LogP contribution is -2.25. The number of nitrogens with one attached hydrogen (secondary N) is 1. The van der Waals surface area contributed by atoms with E-state index in [0.717, 1.165) is 29.8 Å². The second-order valence-corrected chi connectivity index (χ2v) is 5.07. The maximum Gasteiger partial charge on any atom is 0.232 e. The molecular weight excluding hydrogens is 336 g/mol. The van der Waals surface area contributed by atoms with Crippen LogP contribution in [0.1, 0.15) is 30.7 Å². The van der Waals surface area contributed by atoms with Gasteiger partial charge < -0.3 is 0 Å². The minimum atomic E-state index is 0.0804. The molecule has 2 nitrogen and oxygen atoms in total. The van der Waals surface area contributed by atoms with E-state index in [0.29, 0.717) is 0 Å². The number of halogens is 2. The van der Waals surface area contributed by atoms with Gasteiger partial charge in [0.15, 0.2) is 0 Å². The summed E-state index contributed by atoms with van der Waals surface area (Å²) in [7, 11) is 0. The molecule has 0 heterocycles. The molecule has 2 unspecified atom stereocenters. The first-order valence-electron chi connectivity index (χ1n) is 5.39. The van der Waals surface area contributed by atoms with Crippen molar-refractivity contribution in [3.05, 3.63) is 34.9 Å². The molecule has 0 saturated heterocycles. The quantitative estimate of drug-likeness (QED) is 0.640. The lowest BCUT2D eigenvalue weighted by atomic mass is 9.88. The predicted octanol–water partition coefficient (Wildman–Crippen LogP) is 3.69. The molecule has 0 radical (unpaired) electrons. The molecule has 2 rings (SSSR count). The minimum Gasteiger partial charge on any atom is -0.299 e.